The van der Waals surface area contributed by atoms with Crippen molar-refractivity contribution in [3.63, 3.8) is 0 Å². The van der Waals surface area contributed by atoms with Gasteiger partial charge in [-0.15, -0.1) is 0 Å². The SMILES string of the molecule is COC(=O)c1cccc(NC(=O)c2ccccc2OC(C)C)c1C. The summed E-state index contributed by atoms with van der Waals surface area (Å²) in [5.74, 6) is -0.213. The number of nitrogens with one attached hydrogen (secondary N) is 1. The average Bonchev–Trinajstić information content (AvgIpc) is 2.56. The Kier molecular flexibility index (Phi) is 5.58. The number of rotatable bonds is 5. The second-order valence-electron chi connectivity index (χ2n) is 5.59. The number of hydrogen-bond donors (Lipinski definition) is 1. The second kappa shape index (κ2) is 7.64. The molecule has 2 rings (SSSR count). The molecule has 0 atom stereocenters. The van der Waals surface area contributed by atoms with Crippen molar-refractivity contribution in [2.45, 2.75) is 26.9 Å². The minimum atomic E-state index is -0.438. The molecule has 0 heterocycles. The van der Waals surface area contributed by atoms with E-state index in [2.05, 4.69) is 5.32 Å². The molecule has 0 aliphatic heterocycles. The predicted octanol–water partition coefficient (Wildman–Crippen LogP) is 3.82. The molecule has 0 fully saturated rings. The lowest BCUT2D eigenvalue weighted by molar-refractivity contribution is 0.0599. The first-order valence-corrected chi connectivity index (χ1v) is 7.69. The quantitative estimate of drug-likeness (QED) is 0.848. The molecule has 0 aromatic heterocycles. The fraction of sp³-hybridized carbons (Fsp3) is 0.263. The van der Waals surface area contributed by atoms with Crippen molar-refractivity contribution in [2.75, 3.05) is 12.4 Å². The Bertz CT molecular complexity index is 753. The van der Waals surface area contributed by atoms with E-state index in [1.165, 1.54) is 7.11 Å². The fourth-order valence-corrected chi connectivity index (χ4v) is 2.30. The normalized spacial score (nSPS) is 10.4. The summed E-state index contributed by atoms with van der Waals surface area (Å²) in [6, 6.07) is 12.2. The summed E-state index contributed by atoms with van der Waals surface area (Å²) < 4.78 is 10.4. The Morgan fingerprint density at radius 3 is 2.33 bits per heavy atom. The van der Waals surface area contributed by atoms with E-state index in [1.807, 2.05) is 19.9 Å². The number of anilines is 1. The van der Waals surface area contributed by atoms with E-state index in [9.17, 15) is 9.59 Å². The third-order valence-electron chi connectivity index (χ3n) is 3.48. The number of amides is 1. The molecule has 0 bridgehead atoms. The van der Waals surface area contributed by atoms with Crippen LogP contribution in [0.5, 0.6) is 5.75 Å². The number of carbonyl (C=O) groups excluding carboxylic acids is 2. The van der Waals surface area contributed by atoms with Gasteiger partial charge in [0.2, 0.25) is 0 Å². The van der Waals surface area contributed by atoms with Gasteiger partial charge in [0, 0.05) is 5.69 Å². The van der Waals surface area contributed by atoms with Crippen LogP contribution in [0.2, 0.25) is 0 Å². The van der Waals surface area contributed by atoms with Crippen molar-refractivity contribution >= 4 is 17.6 Å². The Morgan fingerprint density at radius 1 is 1.00 bits per heavy atom. The average molecular weight is 327 g/mol. The van der Waals surface area contributed by atoms with Crippen LogP contribution >= 0.6 is 0 Å². The molecular formula is C19H21NO4. The van der Waals surface area contributed by atoms with E-state index in [1.54, 1.807) is 43.3 Å². The lowest BCUT2D eigenvalue weighted by Crippen LogP contribution is -2.17. The van der Waals surface area contributed by atoms with Gasteiger partial charge in [0.25, 0.3) is 5.91 Å². The number of benzene rings is 2. The van der Waals surface area contributed by atoms with Crippen LogP contribution in [0.25, 0.3) is 0 Å². The van der Waals surface area contributed by atoms with Gasteiger partial charge in [0.1, 0.15) is 5.75 Å². The first-order chi connectivity index (χ1) is 11.4. The molecule has 2 aromatic carbocycles. The van der Waals surface area contributed by atoms with Gasteiger partial charge in [0.15, 0.2) is 0 Å². The molecular weight excluding hydrogens is 306 g/mol. The summed E-state index contributed by atoms with van der Waals surface area (Å²) >= 11 is 0. The van der Waals surface area contributed by atoms with Crippen molar-refractivity contribution < 1.29 is 19.1 Å². The fourth-order valence-electron chi connectivity index (χ4n) is 2.30. The molecule has 0 unspecified atom stereocenters. The van der Waals surface area contributed by atoms with E-state index in [4.69, 9.17) is 9.47 Å². The minimum absolute atomic E-state index is 0.0386. The highest BCUT2D eigenvalue weighted by Gasteiger charge is 2.17. The zero-order valence-corrected chi connectivity index (χ0v) is 14.3. The standard InChI is InChI=1S/C19H21NO4/c1-12(2)24-17-11-6-5-8-15(17)18(21)20-16-10-7-9-14(13(16)3)19(22)23-4/h5-12H,1-4H3,(H,20,21). The topological polar surface area (TPSA) is 64.6 Å². The second-order valence-corrected chi connectivity index (χ2v) is 5.59. The van der Waals surface area contributed by atoms with E-state index < -0.39 is 5.97 Å². The van der Waals surface area contributed by atoms with Gasteiger partial charge in [-0.1, -0.05) is 18.2 Å². The molecule has 0 aliphatic carbocycles. The highest BCUT2D eigenvalue weighted by molar-refractivity contribution is 6.07. The Morgan fingerprint density at radius 2 is 1.67 bits per heavy atom. The monoisotopic (exact) mass is 327 g/mol. The summed E-state index contributed by atoms with van der Waals surface area (Å²) in [7, 11) is 1.33. The van der Waals surface area contributed by atoms with Crippen molar-refractivity contribution in [2.24, 2.45) is 0 Å². The summed E-state index contributed by atoms with van der Waals surface area (Å²) in [5.41, 5.74) is 2.07. The molecule has 0 radical (unpaired) electrons. The van der Waals surface area contributed by atoms with Gasteiger partial charge >= 0.3 is 5.97 Å². The van der Waals surface area contributed by atoms with Crippen LogP contribution in [0.1, 0.15) is 40.1 Å². The Hall–Kier alpha value is -2.82. The van der Waals surface area contributed by atoms with E-state index in [0.29, 0.717) is 28.1 Å². The van der Waals surface area contributed by atoms with Gasteiger partial charge in [-0.25, -0.2) is 4.79 Å². The van der Waals surface area contributed by atoms with Gasteiger partial charge in [-0.05, 0) is 50.6 Å². The Balaban J connectivity index is 2.30. The molecule has 0 saturated carbocycles. The van der Waals surface area contributed by atoms with Crippen molar-refractivity contribution in [1.82, 2.24) is 0 Å². The lowest BCUT2D eigenvalue weighted by atomic mass is 10.1. The van der Waals surface area contributed by atoms with Crippen molar-refractivity contribution in [3.05, 3.63) is 59.2 Å². The zero-order valence-electron chi connectivity index (χ0n) is 14.3. The van der Waals surface area contributed by atoms with Gasteiger partial charge in [-0.2, -0.15) is 0 Å². The number of methoxy groups -OCH3 is 1. The van der Waals surface area contributed by atoms with Crippen LogP contribution in [0.15, 0.2) is 42.5 Å². The minimum Gasteiger partial charge on any atom is -0.490 e. The maximum absolute atomic E-state index is 12.6. The highest BCUT2D eigenvalue weighted by atomic mass is 16.5. The molecule has 126 valence electrons. The molecule has 1 amide bonds. The molecule has 1 N–H and O–H groups in total. The van der Waals surface area contributed by atoms with Crippen LogP contribution in [0.4, 0.5) is 5.69 Å². The number of hydrogen-bond acceptors (Lipinski definition) is 4. The van der Waals surface area contributed by atoms with E-state index in [-0.39, 0.29) is 12.0 Å². The highest BCUT2D eigenvalue weighted by Crippen LogP contribution is 2.24. The van der Waals surface area contributed by atoms with Crippen LogP contribution in [0.3, 0.4) is 0 Å². The molecule has 24 heavy (non-hydrogen) atoms. The largest absolute Gasteiger partial charge is 0.490 e. The first-order valence-electron chi connectivity index (χ1n) is 7.69. The lowest BCUT2D eigenvalue weighted by Gasteiger charge is -2.15. The maximum atomic E-state index is 12.6. The third kappa shape index (κ3) is 3.93. The van der Waals surface area contributed by atoms with E-state index in [0.717, 1.165) is 0 Å². The zero-order chi connectivity index (χ0) is 17.7. The van der Waals surface area contributed by atoms with Crippen molar-refractivity contribution in [1.29, 1.82) is 0 Å². The molecule has 2 aromatic rings. The maximum Gasteiger partial charge on any atom is 0.338 e. The molecule has 0 aliphatic rings. The Labute approximate surface area is 141 Å². The predicted molar refractivity (Wildman–Crippen MR) is 92.7 cm³/mol. The molecule has 5 heteroatoms. The third-order valence-corrected chi connectivity index (χ3v) is 3.48. The van der Waals surface area contributed by atoms with E-state index >= 15 is 0 Å². The van der Waals surface area contributed by atoms with Crippen molar-refractivity contribution in [3.8, 4) is 5.75 Å². The first kappa shape index (κ1) is 17.5. The summed E-state index contributed by atoms with van der Waals surface area (Å²) in [6.07, 6.45) is -0.0386. The van der Waals surface area contributed by atoms with Crippen LogP contribution in [-0.4, -0.2) is 25.1 Å². The summed E-state index contributed by atoms with van der Waals surface area (Å²) in [4.78, 5) is 24.4. The smallest absolute Gasteiger partial charge is 0.338 e. The van der Waals surface area contributed by atoms with Crippen LogP contribution in [0, 0.1) is 6.92 Å². The molecule has 0 saturated heterocycles. The molecule has 5 nitrogen and oxygen atoms in total. The number of carbonyl (C=O) groups is 2. The molecule has 0 spiro atoms. The number of esters is 1. The van der Waals surface area contributed by atoms with Crippen LogP contribution in [-0.2, 0) is 4.74 Å². The summed E-state index contributed by atoms with van der Waals surface area (Å²) in [6.45, 7) is 5.57. The van der Waals surface area contributed by atoms with Crippen LogP contribution < -0.4 is 10.1 Å². The van der Waals surface area contributed by atoms with Gasteiger partial charge in [0.05, 0.1) is 24.3 Å². The number of para-hydroxylation sites is 1. The van der Waals surface area contributed by atoms with Gasteiger partial charge in [-0.3, -0.25) is 4.79 Å². The van der Waals surface area contributed by atoms with Gasteiger partial charge < -0.3 is 14.8 Å². The number of ether oxygens (including phenoxy) is 2. The summed E-state index contributed by atoms with van der Waals surface area (Å²) in [5, 5.41) is 2.83.